The van der Waals surface area contributed by atoms with Gasteiger partial charge in [-0.3, -0.25) is 4.79 Å². The fourth-order valence-electron chi connectivity index (χ4n) is 2.17. The molecular formula is C16H19ClN2O2S. The lowest BCUT2D eigenvalue weighted by Gasteiger charge is -2.17. The Labute approximate surface area is 139 Å². The molecule has 2 aromatic rings. The predicted molar refractivity (Wildman–Crippen MR) is 92.0 cm³/mol. The van der Waals surface area contributed by atoms with Crippen LogP contribution >= 0.6 is 22.9 Å². The van der Waals surface area contributed by atoms with Gasteiger partial charge in [0.1, 0.15) is 0 Å². The summed E-state index contributed by atoms with van der Waals surface area (Å²) < 4.78 is 0.762. The third-order valence-electron chi connectivity index (χ3n) is 3.37. The van der Waals surface area contributed by atoms with Gasteiger partial charge in [0, 0.05) is 22.7 Å². The standard InChI is InChI=1S/C16H19ClN2O2S/c1-10-12(16(21)18-8-9-20)4-3-5-13(10)19-11(2)14-6-7-15(17)22-14/h3-7,11,19-20H,8-9H2,1-2H3,(H,18,21). The van der Waals surface area contributed by atoms with Crippen LogP contribution in [-0.2, 0) is 0 Å². The average Bonchev–Trinajstić information content (AvgIpc) is 2.93. The Hall–Kier alpha value is -1.56. The first kappa shape index (κ1) is 16.8. The molecule has 6 heteroatoms. The number of halogens is 1. The Kier molecular flexibility index (Phi) is 5.83. The van der Waals surface area contributed by atoms with Crippen LogP contribution in [-0.4, -0.2) is 24.2 Å². The zero-order valence-electron chi connectivity index (χ0n) is 12.5. The van der Waals surface area contributed by atoms with Gasteiger partial charge in [0.2, 0.25) is 0 Å². The Morgan fingerprint density at radius 3 is 2.77 bits per heavy atom. The molecule has 118 valence electrons. The highest BCUT2D eigenvalue weighted by Gasteiger charge is 2.14. The van der Waals surface area contributed by atoms with Crippen molar-refractivity contribution in [1.29, 1.82) is 0 Å². The molecule has 1 aromatic carbocycles. The second-order valence-electron chi connectivity index (χ2n) is 4.97. The van der Waals surface area contributed by atoms with Crippen molar-refractivity contribution >= 4 is 34.5 Å². The number of anilines is 1. The van der Waals surface area contributed by atoms with Crippen LogP contribution in [0.3, 0.4) is 0 Å². The van der Waals surface area contributed by atoms with Crippen molar-refractivity contribution in [2.75, 3.05) is 18.5 Å². The number of aliphatic hydroxyl groups is 1. The molecule has 3 N–H and O–H groups in total. The van der Waals surface area contributed by atoms with Gasteiger partial charge in [0.05, 0.1) is 17.0 Å². The summed E-state index contributed by atoms with van der Waals surface area (Å²) in [7, 11) is 0. The summed E-state index contributed by atoms with van der Waals surface area (Å²) in [6.07, 6.45) is 0. The molecule has 0 aliphatic carbocycles. The van der Waals surface area contributed by atoms with Crippen LogP contribution in [0.15, 0.2) is 30.3 Å². The molecule has 1 heterocycles. The molecule has 0 bridgehead atoms. The second kappa shape index (κ2) is 7.63. The van der Waals surface area contributed by atoms with E-state index >= 15 is 0 Å². The Morgan fingerprint density at radius 1 is 1.36 bits per heavy atom. The zero-order valence-corrected chi connectivity index (χ0v) is 14.1. The fourth-order valence-corrected chi connectivity index (χ4v) is 3.23. The molecule has 0 fully saturated rings. The molecule has 4 nitrogen and oxygen atoms in total. The molecule has 1 unspecified atom stereocenters. The highest BCUT2D eigenvalue weighted by atomic mass is 35.5. The van der Waals surface area contributed by atoms with Gasteiger partial charge >= 0.3 is 0 Å². The van der Waals surface area contributed by atoms with Crippen LogP contribution in [0.2, 0.25) is 4.34 Å². The van der Waals surface area contributed by atoms with Crippen LogP contribution in [0.25, 0.3) is 0 Å². The molecule has 1 aromatic heterocycles. The molecule has 0 radical (unpaired) electrons. The van der Waals surface area contributed by atoms with Crippen LogP contribution < -0.4 is 10.6 Å². The van der Waals surface area contributed by atoms with Crippen molar-refractivity contribution in [3.63, 3.8) is 0 Å². The topological polar surface area (TPSA) is 61.4 Å². The number of carbonyl (C=O) groups is 1. The molecule has 0 aliphatic rings. The van der Waals surface area contributed by atoms with Crippen molar-refractivity contribution in [3.8, 4) is 0 Å². The van der Waals surface area contributed by atoms with E-state index in [2.05, 4.69) is 17.6 Å². The normalized spacial score (nSPS) is 12.0. The third-order valence-corrected chi connectivity index (χ3v) is 4.78. The van der Waals surface area contributed by atoms with E-state index < -0.39 is 0 Å². The number of thiophene rings is 1. The van der Waals surface area contributed by atoms with Gasteiger partial charge in [-0.25, -0.2) is 0 Å². The molecule has 0 aliphatic heterocycles. The smallest absolute Gasteiger partial charge is 0.251 e. The first-order valence-corrected chi connectivity index (χ1v) is 8.22. The number of amides is 1. The molecule has 0 saturated carbocycles. The predicted octanol–water partition coefficient (Wildman–Crippen LogP) is 3.61. The van der Waals surface area contributed by atoms with Gasteiger partial charge in [-0.2, -0.15) is 0 Å². The highest BCUT2D eigenvalue weighted by molar-refractivity contribution is 7.16. The minimum atomic E-state index is -0.179. The summed E-state index contributed by atoms with van der Waals surface area (Å²) in [4.78, 5) is 13.2. The lowest BCUT2D eigenvalue weighted by Crippen LogP contribution is -2.27. The van der Waals surface area contributed by atoms with Crippen LogP contribution in [0.1, 0.15) is 33.8 Å². The summed E-state index contributed by atoms with van der Waals surface area (Å²) in [6.45, 7) is 4.14. The van der Waals surface area contributed by atoms with Crippen molar-refractivity contribution in [2.45, 2.75) is 19.9 Å². The number of hydrogen-bond acceptors (Lipinski definition) is 4. The van der Waals surface area contributed by atoms with E-state index in [0.29, 0.717) is 5.56 Å². The lowest BCUT2D eigenvalue weighted by molar-refractivity contribution is 0.0944. The monoisotopic (exact) mass is 338 g/mol. The zero-order chi connectivity index (χ0) is 16.1. The Bertz CT molecular complexity index is 657. The van der Waals surface area contributed by atoms with E-state index in [1.54, 1.807) is 6.07 Å². The molecule has 2 rings (SSSR count). The average molecular weight is 339 g/mol. The SMILES string of the molecule is Cc1c(NC(C)c2ccc(Cl)s2)cccc1C(=O)NCCO. The van der Waals surface area contributed by atoms with Gasteiger partial charge < -0.3 is 15.7 Å². The van der Waals surface area contributed by atoms with Crippen molar-refractivity contribution in [2.24, 2.45) is 0 Å². The second-order valence-corrected chi connectivity index (χ2v) is 6.71. The number of carbonyl (C=O) groups excluding carboxylic acids is 1. The maximum atomic E-state index is 12.1. The summed E-state index contributed by atoms with van der Waals surface area (Å²) in [5, 5.41) is 14.9. The van der Waals surface area contributed by atoms with Crippen LogP contribution in [0.5, 0.6) is 0 Å². The maximum absolute atomic E-state index is 12.1. The van der Waals surface area contributed by atoms with Gasteiger partial charge in [-0.15, -0.1) is 11.3 Å². The summed E-state index contributed by atoms with van der Waals surface area (Å²) in [5.74, 6) is -0.179. The molecule has 22 heavy (non-hydrogen) atoms. The van der Waals surface area contributed by atoms with Crippen LogP contribution in [0.4, 0.5) is 5.69 Å². The quantitative estimate of drug-likeness (QED) is 0.754. The molecular weight excluding hydrogens is 320 g/mol. The molecule has 0 spiro atoms. The largest absolute Gasteiger partial charge is 0.395 e. The van der Waals surface area contributed by atoms with E-state index in [1.165, 1.54) is 11.3 Å². The first-order valence-electron chi connectivity index (χ1n) is 7.03. The summed E-state index contributed by atoms with van der Waals surface area (Å²) in [5.41, 5.74) is 2.40. The Morgan fingerprint density at radius 2 is 2.14 bits per heavy atom. The van der Waals surface area contributed by atoms with E-state index in [-0.39, 0.29) is 25.1 Å². The number of benzene rings is 1. The first-order chi connectivity index (χ1) is 10.5. The number of aliphatic hydroxyl groups excluding tert-OH is 1. The van der Waals surface area contributed by atoms with E-state index in [9.17, 15) is 4.79 Å². The maximum Gasteiger partial charge on any atom is 0.251 e. The fraction of sp³-hybridized carbons (Fsp3) is 0.312. The van der Waals surface area contributed by atoms with E-state index in [0.717, 1.165) is 20.5 Å². The van der Waals surface area contributed by atoms with Gasteiger partial charge in [0.25, 0.3) is 5.91 Å². The van der Waals surface area contributed by atoms with Gasteiger partial charge in [-0.1, -0.05) is 17.7 Å². The minimum absolute atomic E-state index is 0.0705. The summed E-state index contributed by atoms with van der Waals surface area (Å²) in [6, 6.07) is 9.55. The van der Waals surface area contributed by atoms with Crippen molar-refractivity contribution in [1.82, 2.24) is 5.32 Å². The number of rotatable bonds is 6. The highest BCUT2D eigenvalue weighted by Crippen LogP contribution is 2.30. The van der Waals surface area contributed by atoms with Gasteiger partial charge in [-0.05, 0) is 43.7 Å². The third kappa shape index (κ3) is 4.00. The molecule has 1 amide bonds. The Balaban J connectivity index is 2.16. The lowest BCUT2D eigenvalue weighted by atomic mass is 10.1. The van der Waals surface area contributed by atoms with E-state index in [1.807, 2.05) is 31.2 Å². The summed E-state index contributed by atoms with van der Waals surface area (Å²) >= 11 is 7.51. The van der Waals surface area contributed by atoms with Gasteiger partial charge in [0.15, 0.2) is 0 Å². The number of hydrogen-bond donors (Lipinski definition) is 3. The van der Waals surface area contributed by atoms with Crippen molar-refractivity contribution < 1.29 is 9.90 Å². The van der Waals surface area contributed by atoms with Crippen molar-refractivity contribution in [3.05, 3.63) is 50.7 Å². The molecule has 0 saturated heterocycles. The molecule has 1 atom stereocenters. The minimum Gasteiger partial charge on any atom is -0.395 e. The number of nitrogens with one attached hydrogen (secondary N) is 2. The van der Waals surface area contributed by atoms with Crippen LogP contribution in [0, 0.1) is 6.92 Å². The van der Waals surface area contributed by atoms with E-state index in [4.69, 9.17) is 16.7 Å².